The van der Waals surface area contributed by atoms with E-state index in [0.29, 0.717) is 0 Å². The SMILES string of the molecule is CCCCCC(CO)(OC)OC. The van der Waals surface area contributed by atoms with Crippen LogP contribution in [0.2, 0.25) is 0 Å². The molecule has 0 aliphatic heterocycles. The summed E-state index contributed by atoms with van der Waals surface area (Å²) in [6.45, 7) is 2.06. The standard InChI is InChI=1S/C9H20O3/c1-4-5-6-7-9(8-10,11-2)12-3/h10H,4-8H2,1-3H3. The molecule has 0 aromatic heterocycles. The van der Waals surface area contributed by atoms with Gasteiger partial charge in [-0.25, -0.2) is 0 Å². The van der Waals surface area contributed by atoms with Gasteiger partial charge in [0.15, 0.2) is 5.79 Å². The lowest BCUT2D eigenvalue weighted by molar-refractivity contribution is -0.231. The Morgan fingerprint density at radius 2 is 1.75 bits per heavy atom. The minimum Gasteiger partial charge on any atom is -0.391 e. The van der Waals surface area contributed by atoms with Crippen molar-refractivity contribution in [3.05, 3.63) is 0 Å². The number of methoxy groups -OCH3 is 2. The van der Waals surface area contributed by atoms with Gasteiger partial charge in [-0.1, -0.05) is 19.8 Å². The average molecular weight is 176 g/mol. The highest BCUT2D eigenvalue weighted by molar-refractivity contribution is 4.67. The molecular formula is C9H20O3. The van der Waals surface area contributed by atoms with Crippen molar-refractivity contribution in [2.45, 2.75) is 38.4 Å². The molecule has 0 aliphatic carbocycles. The van der Waals surface area contributed by atoms with Crippen molar-refractivity contribution >= 4 is 0 Å². The average Bonchev–Trinajstić information content (AvgIpc) is 2.14. The summed E-state index contributed by atoms with van der Waals surface area (Å²) in [4.78, 5) is 0. The van der Waals surface area contributed by atoms with Gasteiger partial charge in [0.1, 0.15) is 0 Å². The van der Waals surface area contributed by atoms with Crippen LogP contribution in [0.15, 0.2) is 0 Å². The molecular weight excluding hydrogens is 156 g/mol. The Morgan fingerprint density at radius 3 is 2.08 bits per heavy atom. The molecule has 3 heteroatoms. The van der Waals surface area contributed by atoms with Gasteiger partial charge in [-0.2, -0.15) is 0 Å². The lowest BCUT2D eigenvalue weighted by Gasteiger charge is -2.28. The Labute approximate surface area is 74.7 Å². The Kier molecular flexibility index (Phi) is 6.34. The van der Waals surface area contributed by atoms with Gasteiger partial charge in [-0.15, -0.1) is 0 Å². The first kappa shape index (κ1) is 11.9. The lowest BCUT2D eigenvalue weighted by Crippen LogP contribution is -2.37. The number of hydrogen-bond acceptors (Lipinski definition) is 3. The molecule has 0 atom stereocenters. The summed E-state index contributed by atoms with van der Waals surface area (Å²) in [6.07, 6.45) is 4.09. The van der Waals surface area contributed by atoms with E-state index < -0.39 is 5.79 Å². The number of ether oxygens (including phenoxy) is 2. The van der Waals surface area contributed by atoms with Gasteiger partial charge in [0.2, 0.25) is 0 Å². The van der Waals surface area contributed by atoms with Crippen LogP contribution < -0.4 is 0 Å². The molecule has 0 spiro atoms. The first-order chi connectivity index (χ1) is 5.74. The van der Waals surface area contributed by atoms with Gasteiger partial charge in [0, 0.05) is 20.6 Å². The van der Waals surface area contributed by atoms with E-state index in [-0.39, 0.29) is 6.61 Å². The van der Waals surface area contributed by atoms with Gasteiger partial charge in [0.05, 0.1) is 6.61 Å². The summed E-state index contributed by atoms with van der Waals surface area (Å²) in [6, 6.07) is 0. The number of hydrogen-bond donors (Lipinski definition) is 1. The van der Waals surface area contributed by atoms with Gasteiger partial charge in [-0.3, -0.25) is 0 Å². The van der Waals surface area contributed by atoms with Crippen molar-refractivity contribution in [1.82, 2.24) is 0 Å². The summed E-state index contributed by atoms with van der Waals surface area (Å²) >= 11 is 0. The van der Waals surface area contributed by atoms with Crippen molar-refractivity contribution in [3.8, 4) is 0 Å². The van der Waals surface area contributed by atoms with Gasteiger partial charge < -0.3 is 14.6 Å². The molecule has 1 N–H and O–H groups in total. The molecule has 0 aromatic carbocycles. The first-order valence-corrected chi connectivity index (χ1v) is 4.46. The second kappa shape index (κ2) is 6.40. The topological polar surface area (TPSA) is 38.7 Å². The molecule has 0 rings (SSSR count). The van der Waals surface area contributed by atoms with Crippen molar-refractivity contribution in [3.63, 3.8) is 0 Å². The number of rotatable bonds is 7. The van der Waals surface area contributed by atoms with E-state index in [1.165, 1.54) is 0 Å². The van der Waals surface area contributed by atoms with Crippen molar-refractivity contribution in [1.29, 1.82) is 0 Å². The summed E-state index contributed by atoms with van der Waals surface area (Å²) < 4.78 is 10.2. The maximum absolute atomic E-state index is 9.03. The molecule has 0 fully saturated rings. The zero-order valence-electron chi connectivity index (χ0n) is 8.30. The molecule has 3 nitrogen and oxygen atoms in total. The van der Waals surface area contributed by atoms with E-state index in [9.17, 15) is 0 Å². The summed E-state index contributed by atoms with van der Waals surface area (Å²) in [5.41, 5.74) is 0. The fourth-order valence-corrected chi connectivity index (χ4v) is 1.14. The second-order valence-corrected chi connectivity index (χ2v) is 2.93. The monoisotopic (exact) mass is 176 g/mol. The zero-order valence-corrected chi connectivity index (χ0v) is 8.30. The molecule has 0 heterocycles. The Hall–Kier alpha value is -0.120. The minimum absolute atomic E-state index is 0.0796. The van der Waals surface area contributed by atoms with Crippen LogP contribution in [0.4, 0.5) is 0 Å². The zero-order chi connectivity index (χ0) is 9.45. The maximum atomic E-state index is 9.03. The van der Waals surface area contributed by atoms with Crippen LogP contribution in [-0.4, -0.2) is 31.7 Å². The number of unbranched alkanes of at least 4 members (excludes halogenated alkanes) is 2. The first-order valence-electron chi connectivity index (χ1n) is 4.46. The van der Waals surface area contributed by atoms with Crippen molar-refractivity contribution in [2.24, 2.45) is 0 Å². The summed E-state index contributed by atoms with van der Waals surface area (Å²) in [5.74, 6) is -0.769. The molecule has 0 amide bonds. The van der Waals surface area contributed by atoms with Crippen LogP contribution >= 0.6 is 0 Å². The molecule has 0 saturated carbocycles. The van der Waals surface area contributed by atoms with E-state index >= 15 is 0 Å². The lowest BCUT2D eigenvalue weighted by atomic mass is 10.1. The Morgan fingerprint density at radius 1 is 1.17 bits per heavy atom. The smallest absolute Gasteiger partial charge is 0.190 e. The third-order valence-electron chi connectivity index (χ3n) is 2.15. The molecule has 0 radical (unpaired) electrons. The van der Waals surface area contributed by atoms with Crippen LogP contribution in [0.3, 0.4) is 0 Å². The molecule has 0 aromatic rings. The van der Waals surface area contributed by atoms with Crippen molar-refractivity contribution in [2.75, 3.05) is 20.8 Å². The Bertz CT molecular complexity index is 91.7. The van der Waals surface area contributed by atoms with E-state index in [1.807, 2.05) is 0 Å². The van der Waals surface area contributed by atoms with E-state index in [2.05, 4.69) is 6.92 Å². The quantitative estimate of drug-likeness (QED) is 0.472. The summed E-state index contributed by atoms with van der Waals surface area (Å²) in [5, 5.41) is 9.03. The normalized spacial score (nSPS) is 12.0. The highest BCUT2D eigenvalue weighted by Crippen LogP contribution is 2.19. The second-order valence-electron chi connectivity index (χ2n) is 2.93. The van der Waals surface area contributed by atoms with Crippen molar-refractivity contribution < 1.29 is 14.6 Å². The fourth-order valence-electron chi connectivity index (χ4n) is 1.14. The number of aliphatic hydroxyl groups is 1. The van der Waals surface area contributed by atoms with Gasteiger partial charge in [-0.05, 0) is 6.42 Å². The van der Waals surface area contributed by atoms with Crippen LogP contribution in [0, 0.1) is 0 Å². The molecule has 74 valence electrons. The van der Waals surface area contributed by atoms with E-state index in [4.69, 9.17) is 14.6 Å². The molecule has 0 bridgehead atoms. The highest BCUT2D eigenvalue weighted by atomic mass is 16.7. The van der Waals surface area contributed by atoms with Crippen LogP contribution in [0.5, 0.6) is 0 Å². The molecule has 0 aliphatic rings. The third-order valence-corrected chi connectivity index (χ3v) is 2.15. The van der Waals surface area contributed by atoms with Gasteiger partial charge in [0.25, 0.3) is 0 Å². The third kappa shape index (κ3) is 3.52. The molecule has 0 saturated heterocycles. The molecule has 12 heavy (non-hydrogen) atoms. The predicted molar refractivity (Wildman–Crippen MR) is 48.0 cm³/mol. The van der Waals surface area contributed by atoms with Crippen LogP contribution in [0.25, 0.3) is 0 Å². The van der Waals surface area contributed by atoms with Crippen LogP contribution in [0.1, 0.15) is 32.6 Å². The molecule has 0 unspecified atom stereocenters. The Balaban J connectivity index is 3.76. The van der Waals surface area contributed by atoms with Crippen LogP contribution in [-0.2, 0) is 9.47 Å². The summed E-state index contributed by atoms with van der Waals surface area (Å²) in [7, 11) is 3.12. The number of aliphatic hydroxyl groups excluding tert-OH is 1. The van der Waals surface area contributed by atoms with Gasteiger partial charge >= 0.3 is 0 Å². The van der Waals surface area contributed by atoms with E-state index in [1.54, 1.807) is 14.2 Å². The minimum atomic E-state index is -0.769. The highest BCUT2D eigenvalue weighted by Gasteiger charge is 2.27. The maximum Gasteiger partial charge on any atom is 0.190 e. The predicted octanol–water partition coefficient (Wildman–Crippen LogP) is 1.55. The van der Waals surface area contributed by atoms with E-state index in [0.717, 1.165) is 25.7 Å². The largest absolute Gasteiger partial charge is 0.391 e. The fraction of sp³-hybridized carbons (Fsp3) is 1.00.